The Balaban J connectivity index is 1.56. The highest BCUT2D eigenvalue weighted by Gasteiger charge is 2.14. The van der Waals surface area contributed by atoms with E-state index in [0.717, 1.165) is 5.56 Å². The van der Waals surface area contributed by atoms with Gasteiger partial charge < -0.3 is 10.6 Å². The van der Waals surface area contributed by atoms with Crippen molar-refractivity contribution in [1.29, 1.82) is 0 Å². The van der Waals surface area contributed by atoms with E-state index in [1.807, 2.05) is 12.1 Å². The van der Waals surface area contributed by atoms with Crippen molar-refractivity contribution < 1.29 is 8.42 Å². The summed E-state index contributed by atoms with van der Waals surface area (Å²) in [4.78, 5) is 4.10. The summed E-state index contributed by atoms with van der Waals surface area (Å²) in [6.45, 7) is 0.610. The zero-order chi connectivity index (χ0) is 21.6. The number of benzene rings is 2. The largest absolute Gasteiger partial charge is 0.358 e. The molecule has 2 aromatic carbocycles. The van der Waals surface area contributed by atoms with Crippen molar-refractivity contribution in [1.82, 2.24) is 15.0 Å². The van der Waals surface area contributed by atoms with E-state index in [1.165, 1.54) is 12.1 Å². The van der Waals surface area contributed by atoms with Gasteiger partial charge in [0.05, 0.1) is 4.90 Å². The maximum absolute atomic E-state index is 12.5. The minimum absolute atomic E-state index is 0.0569. The first-order chi connectivity index (χ1) is 14.3. The van der Waals surface area contributed by atoms with Gasteiger partial charge in [0.15, 0.2) is 5.11 Å². The molecule has 0 bridgehead atoms. The average molecular weight is 481 g/mol. The first-order valence-electron chi connectivity index (χ1n) is 8.81. The lowest BCUT2D eigenvalue weighted by atomic mass is 10.2. The minimum atomic E-state index is -3.70. The van der Waals surface area contributed by atoms with Crippen molar-refractivity contribution in [2.45, 2.75) is 18.0 Å². The van der Waals surface area contributed by atoms with Crippen LogP contribution in [0.5, 0.6) is 0 Å². The summed E-state index contributed by atoms with van der Waals surface area (Å²) in [5.74, 6) is 0. The summed E-state index contributed by atoms with van der Waals surface area (Å²) in [6.07, 6.45) is 3.42. The predicted molar refractivity (Wildman–Crippen MR) is 124 cm³/mol. The van der Waals surface area contributed by atoms with Gasteiger partial charge in [-0.1, -0.05) is 29.3 Å². The first-order valence-corrected chi connectivity index (χ1v) is 11.5. The molecule has 0 aliphatic rings. The summed E-state index contributed by atoms with van der Waals surface area (Å²) in [5.41, 5.74) is 2.35. The second kappa shape index (κ2) is 10.2. The van der Waals surface area contributed by atoms with E-state index in [4.69, 9.17) is 35.4 Å². The van der Waals surface area contributed by atoms with Gasteiger partial charge >= 0.3 is 0 Å². The van der Waals surface area contributed by atoms with Crippen LogP contribution in [-0.2, 0) is 23.1 Å². The number of thiocarbonyl (C=S) groups is 1. The normalized spacial score (nSPS) is 11.1. The number of rotatable bonds is 7. The van der Waals surface area contributed by atoms with E-state index in [2.05, 4.69) is 20.3 Å². The number of pyridine rings is 1. The van der Waals surface area contributed by atoms with Gasteiger partial charge in [0, 0.05) is 41.2 Å². The van der Waals surface area contributed by atoms with E-state index >= 15 is 0 Å². The molecule has 3 aromatic rings. The maximum atomic E-state index is 12.5. The van der Waals surface area contributed by atoms with Gasteiger partial charge in [0.25, 0.3) is 0 Å². The molecule has 1 heterocycles. The Hall–Kier alpha value is -2.23. The summed E-state index contributed by atoms with van der Waals surface area (Å²) in [7, 11) is -3.70. The van der Waals surface area contributed by atoms with E-state index in [1.54, 1.807) is 42.7 Å². The van der Waals surface area contributed by atoms with Gasteiger partial charge in [0.1, 0.15) is 0 Å². The van der Waals surface area contributed by atoms with Crippen LogP contribution in [0.2, 0.25) is 10.0 Å². The highest BCUT2D eigenvalue weighted by atomic mass is 35.5. The number of sulfonamides is 1. The SMILES string of the molecule is O=S(=O)(NCc1ccc(Cl)cc1Cl)c1ccc(NC(=S)NCc2ccncc2)cc1. The van der Waals surface area contributed by atoms with Gasteiger partial charge in [-0.15, -0.1) is 0 Å². The second-order valence-electron chi connectivity index (χ2n) is 6.25. The zero-order valence-corrected chi connectivity index (χ0v) is 18.7. The number of hydrogen-bond acceptors (Lipinski definition) is 4. The van der Waals surface area contributed by atoms with Crippen molar-refractivity contribution in [3.63, 3.8) is 0 Å². The number of nitrogens with one attached hydrogen (secondary N) is 3. The lowest BCUT2D eigenvalue weighted by Crippen LogP contribution is -2.28. The molecule has 0 saturated carbocycles. The Morgan fingerprint density at radius 1 is 0.967 bits per heavy atom. The van der Waals surface area contributed by atoms with Gasteiger partial charge in [-0.3, -0.25) is 4.98 Å². The Morgan fingerprint density at radius 3 is 2.33 bits per heavy atom. The summed E-state index contributed by atoms with van der Waals surface area (Å²) in [6, 6.07) is 15.0. The number of nitrogens with zero attached hydrogens (tertiary/aromatic N) is 1. The Morgan fingerprint density at radius 2 is 1.67 bits per heavy atom. The molecule has 6 nitrogen and oxygen atoms in total. The Kier molecular flexibility index (Phi) is 7.63. The predicted octanol–water partition coefficient (Wildman–Crippen LogP) is 4.35. The third-order valence-corrected chi connectivity index (χ3v) is 6.34. The van der Waals surface area contributed by atoms with Crippen LogP contribution in [0.3, 0.4) is 0 Å². The third-order valence-electron chi connectivity index (χ3n) is 4.09. The molecule has 30 heavy (non-hydrogen) atoms. The van der Waals surface area contributed by atoms with E-state index in [0.29, 0.717) is 33.0 Å². The van der Waals surface area contributed by atoms with Gasteiger partial charge in [-0.05, 0) is 71.9 Å². The Labute approximate surface area is 190 Å². The number of aromatic nitrogens is 1. The number of hydrogen-bond donors (Lipinski definition) is 3. The molecule has 0 atom stereocenters. The van der Waals surface area contributed by atoms with Crippen molar-refractivity contribution in [2.75, 3.05) is 5.32 Å². The molecule has 3 N–H and O–H groups in total. The third kappa shape index (κ3) is 6.38. The molecular weight excluding hydrogens is 463 g/mol. The minimum Gasteiger partial charge on any atom is -0.358 e. The van der Waals surface area contributed by atoms with Crippen LogP contribution >= 0.6 is 35.4 Å². The lowest BCUT2D eigenvalue weighted by molar-refractivity contribution is 0.581. The molecular formula is C20H18Cl2N4O2S2. The molecule has 10 heteroatoms. The molecule has 0 fully saturated rings. The average Bonchev–Trinajstić information content (AvgIpc) is 2.73. The van der Waals surface area contributed by atoms with Crippen molar-refractivity contribution in [3.05, 3.63) is 88.2 Å². The van der Waals surface area contributed by atoms with Crippen LogP contribution < -0.4 is 15.4 Å². The fourth-order valence-electron chi connectivity index (χ4n) is 2.50. The number of anilines is 1. The van der Waals surface area contributed by atoms with E-state index in [9.17, 15) is 8.42 Å². The van der Waals surface area contributed by atoms with Crippen LogP contribution in [0.1, 0.15) is 11.1 Å². The summed E-state index contributed by atoms with van der Waals surface area (Å²) < 4.78 is 27.6. The molecule has 0 aliphatic carbocycles. The summed E-state index contributed by atoms with van der Waals surface area (Å²) in [5, 5.41) is 7.42. The van der Waals surface area contributed by atoms with Crippen molar-refractivity contribution >= 4 is 56.2 Å². The summed E-state index contributed by atoms with van der Waals surface area (Å²) >= 11 is 17.2. The monoisotopic (exact) mass is 480 g/mol. The van der Waals surface area contributed by atoms with Gasteiger partial charge in [-0.2, -0.15) is 0 Å². The van der Waals surface area contributed by atoms with Crippen LogP contribution in [0.15, 0.2) is 71.9 Å². The second-order valence-corrected chi connectivity index (χ2v) is 9.27. The standard InChI is InChI=1S/C20H18Cl2N4O2S2/c21-16-2-1-15(19(22)11-16)13-25-30(27,28)18-5-3-17(4-6-18)26-20(29)24-12-14-7-9-23-10-8-14/h1-11,25H,12-13H2,(H2,24,26,29). The molecule has 3 rings (SSSR count). The highest BCUT2D eigenvalue weighted by Crippen LogP contribution is 2.21. The van der Waals surface area contributed by atoms with E-state index < -0.39 is 10.0 Å². The van der Waals surface area contributed by atoms with Crippen LogP contribution in [0.4, 0.5) is 5.69 Å². The van der Waals surface area contributed by atoms with Crippen molar-refractivity contribution in [3.8, 4) is 0 Å². The molecule has 0 aliphatic heterocycles. The molecule has 0 amide bonds. The maximum Gasteiger partial charge on any atom is 0.240 e. The molecule has 0 radical (unpaired) electrons. The van der Waals surface area contributed by atoms with Crippen LogP contribution in [0, 0.1) is 0 Å². The van der Waals surface area contributed by atoms with Crippen LogP contribution in [-0.4, -0.2) is 18.5 Å². The molecule has 156 valence electrons. The fourth-order valence-corrected chi connectivity index (χ4v) is 4.17. The first kappa shape index (κ1) is 22.5. The Bertz CT molecular complexity index is 1130. The smallest absolute Gasteiger partial charge is 0.240 e. The van der Waals surface area contributed by atoms with Crippen LogP contribution in [0.25, 0.3) is 0 Å². The molecule has 0 spiro atoms. The lowest BCUT2D eigenvalue weighted by Gasteiger charge is -2.12. The quantitative estimate of drug-likeness (QED) is 0.436. The highest BCUT2D eigenvalue weighted by molar-refractivity contribution is 7.89. The van der Waals surface area contributed by atoms with E-state index in [-0.39, 0.29) is 11.4 Å². The topological polar surface area (TPSA) is 83.1 Å². The van der Waals surface area contributed by atoms with Gasteiger partial charge in [0.2, 0.25) is 10.0 Å². The fraction of sp³-hybridized carbons (Fsp3) is 0.100. The molecule has 0 unspecified atom stereocenters. The molecule has 1 aromatic heterocycles. The van der Waals surface area contributed by atoms with Crippen molar-refractivity contribution in [2.24, 2.45) is 0 Å². The van der Waals surface area contributed by atoms with Gasteiger partial charge in [-0.25, -0.2) is 13.1 Å². The molecule has 0 saturated heterocycles. The zero-order valence-electron chi connectivity index (χ0n) is 15.6. The number of halogens is 2.